The summed E-state index contributed by atoms with van der Waals surface area (Å²) >= 11 is 0. The number of hydrogen-bond donors (Lipinski definition) is 1. The fourth-order valence-corrected chi connectivity index (χ4v) is 4.08. The Morgan fingerprint density at radius 3 is 3.08 bits per heavy atom. The van der Waals surface area contributed by atoms with Crippen molar-refractivity contribution in [1.82, 2.24) is 15.2 Å². The van der Waals surface area contributed by atoms with Crippen LogP contribution in [-0.2, 0) is 11.3 Å². The Kier molecular flexibility index (Phi) is 4.59. The van der Waals surface area contributed by atoms with Crippen LogP contribution in [0, 0.1) is 17.2 Å². The SMILES string of the molecule is O=C1NC[C@@H](COc2cccnc2)[C@]12CCN(Cc1cccc(F)c1)C2. The number of rotatable bonds is 5. The fraction of sp³-hybridized carbons (Fsp3) is 0.400. The largest absolute Gasteiger partial charge is 0.492 e. The second-order valence-corrected chi connectivity index (χ2v) is 7.15. The summed E-state index contributed by atoms with van der Waals surface area (Å²) in [6, 6.07) is 10.4. The Hall–Kier alpha value is -2.47. The molecule has 0 saturated carbocycles. The van der Waals surface area contributed by atoms with E-state index in [1.807, 2.05) is 18.2 Å². The zero-order valence-electron chi connectivity index (χ0n) is 14.5. The summed E-state index contributed by atoms with van der Waals surface area (Å²) in [5.41, 5.74) is 0.513. The van der Waals surface area contributed by atoms with Crippen molar-refractivity contribution in [2.24, 2.45) is 11.3 Å². The molecule has 2 fully saturated rings. The van der Waals surface area contributed by atoms with E-state index in [2.05, 4.69) is 15.2 Å². The third-order valence-electron chi connectivity index (χ3n) is 5.50. The van der Waals surface area contributed by atoms with Gasteiger partial charge in [0.2, 0.25) is 5.91 Å². The van der Waals surface area contributed by atoms with Gasteiger partial charge < -0.3 is 10.1 Å². The van der Waals surface area contributed by atoms with Crippen molar-refractivity contribution in [3.63, 3.8) is 0 Å². The minimum atomic E-state index is -0.421. The molecule has 0 unspecified atom stereocenters. The summed E-state index contributed by atoms with van der Waals surface area (Å²) in [5.74, 6) is 0.723. The van der Waals surface area contributed by atoms with Crippen molar-refractivity contribution in [3.8, 4) is 5.75 Å². The first-order valence-corrected chi connectivity index (χ1v) is 8.94. The third kappa shape index (κ3) is 3.29. The lowest BCUT2D eigenvalue weighted by atomic mass is 9.77. The van der Waals surface area contributed by atoms with Gasteiger partial charge in [-0.3, -0.25) is 14.7 Å². The van der Waals surface area contributed by atoms with Crippen molar-refractivity contribution in [3.05, 3.63) is 60.2 Å². The lowest BCUT2D eigenvalue weighted by Crippen LogP contribution is -2.40. The summed E-state index contributed by atoms with van der Waals surface area (Å²) in [5, 5.41) is 3.01. The molecule has 5 nitrogen and oxygen atoms in total. The van der Waals surface area contributed by atoms with Crippen LogP contribution in [0.2, 0.25) is 0 Å². The molecule has 1 amide bonds. The topological polar surface area (TPSA) is 54.5 Å². The van der Waals surface area contributed by atoms with Crippen molar-refractivity contribution in [2.45, 2.75) is 13.0 Å². The van der Waals surface area contributed by atoms with Gasteiger partial charge in [0, 0.05) is 31.7 Å². The lowest BCUT2D eigenvalue weighted by molar-refractivity contribution is -0.128. The molecule has 2 atom stereocenters. The Bertz CT molecular complexity index is 786. The number of carbonyl (C=O) groups excluding carboxylic acids is 1. The van der Waals surface area contributed by atoms with Gasteiger partial charge >= 0.3 is 0 Å². The second kappa shape index (κ2) is 7.03. The molecular formula is C20H22FN3O2. The molecule has 4 rings (SSSR count). The molecule has 2 aliphatic rings. The van der Waals surface area contributed by atoms with Gasteiger partial charge in [0.15, 0.2) is 0 Å². The van der Waals surface area contributed by atoms with Crippen molar-refractivity contribution in [2.75, 3.05) is 26.2 Å². The van der Waals surface area contributed by atoms with Crippen molar-refractivity contribution < 1.29 is 13.9 Å². The number of halogens is 1. The molecule has 1 aromatic carbocycles. The molecule has 6 heteroatoms. The number of nitrogens with one attached hydrogen (secondary N) is 1. The summed E-state index contributed by atoms with van der Waals surface area (Å²) in [7, 11) is 0. The number of hydrogen-bond acceptors (Lipinski definition) is 4. The van der Waals surface area contributed by atoms with Gasteiger partial charge in [-0.2, -0.15) is 0 Å². The summed E-state index contributed by atoms with van der Waals surface area (Å²) in [6.45, 7) is 3.28. The second-order valence-electron chi connectivity index (χ2n) is 7.15. The maximum absolute atomic E-state index is 13.4. The van der Waals surface area contributed by atoms with Crippen LogP contribution in [0.25, 0.3) is 0 Å². The van der Waals surface area contributed by atoms with Gasteiger partial charge in [-0.25, -0.2) is 4.39 Å². The van der Waals surface area contributed by atoms with E-state index in [4.69, 9.17) is 4.74 Å². The lowest BCUT2D eigenvalue weighted by Gasteiger charge is -2.28. The van der Waals surface area contributed by atoms with Gasteiger partial charge in [-0.1, -0.05) is 12.1 Å². The highest BCUT2D eigenvalue weighted by atomic mass is 19.1. The van der Waals surface area contributed by atoms with Crippen LogP contribution in [0.3, 0.4) is 0 Å². The Morgan fingerprint density at radius 2 is 2.27 bits per heavy atom. The standard InChI is InChI=1S/C20H22FN3O2/c21-17-4-1-3-15(9-17)12-24-8-6-20(14-24)16(10-23-19(20)25)13-26-18-5-2-7-22-11-18/h1-5,7,9,11,16H,6,8,10,12-14H2,(H,23,25)/t16-,20+/m0/s1. The van der Waals surface area contributed by atoms with E-state index in [9.17, 15) is 9.18 Å². The number of aromatic nitrogens is 1. The number of ether oxygens (including phenoxy) is 1. The molecule has 1 spiro atoms. The maximum atomic E-state index is 13.4. The minimum absolute atomic E-state index is 0.110. The number of nitrogens with zero attached hydrogens (tertiary/aromatic N) is 2. The predicted molar refractivity (Wildman–Crippen MR) is 95.0 cm³/mol. The first-order valence-electron chi connectivity index (χ1n) is 8.94. The molecule has 0 aliphatic carbocycles. The average Bonchev–Trinajstić information content (AvgIpc) is 3.20. The van der Waals surface area contributed by atoms with E-state index in [0.717, 1.165) is 24.3 Å². The molecule has 1 N–H and O–H groups in total. The fourth-order valence-electron chi connectivity index (χ4n) is 4.08. The number of likely N-dealkylation sites (tertiary alicyclic amines) is 1. The number of carbonyl (C=O) groups is 1. The number of amides is 1. The predicted octanol–water partition coefficient (Wildman–Crippen LogP) is 2.24. The van der Waals surface area contributed by atoms with Gasteiger partial charge in [-0.15, -0.1) is 0 Å². The van der Waals surface area contributed by atoms with Crippen LogP contribution >= 0.6 is 0 Å². The Balaban J connectivity index is 1.43. The maximum Gasteiger partial charge on any atom is 0.228 e. The van der Waals surface area contributed by atoms with E-state index in [-0.39, 0.29) is 17.6 Å². The average molecular weight is 355 g/mol. The van der Waals surface area contributed by atoms with Gasteiger partial charge in [0.25, 0.3) is 0 Å². The van der Waals surface area contributed by atoms with E-state index in [0.29, 0.717) is 26.2 Å². The van der Waals surface area contributed by atoms with Crippen LogP contribution in [0.4, 0.5) is 4.39 Å². The normalized spacial score (nSPS) is 25.6. The smallest absolute Gasteiger partial charge is 0.228 e. The monoisotopic (exact) mass is 355 g/mol. The van der Waals surface area contributed by atoms with Crippen LogP contribution < -0.4 is 10.1 Å². The van der Waals surface area contributed by atoms with Crippen LogP contribution in [0.1, 0.15) is 12.0 Å². The minimum Gasteiger partial charge on any atom is -0.492 e. The van der Waals surface area contributed by atoms with E-state index >= 15 is 0 Å². The highest BCUT2D eigenvalue weighted by molar-refractivity contribution is 5.86. The van der Waals surface area contributed by atoms with E-state index < -0.39 is 5.41 Å². The number of benzene rings is 1. The molecule has 136 valence electrons. The molecule has 3 heterocycles. The quantitative estimate of drug-likeness (QED) is 0.894. The zero-order chi connectivity index (χ0) is 18.0. The zero-order valence-corrected chi connectivity index (χ0v) is 14.5. The molecule has 2 aliphatic heterocycles. The molecule has 1 aromatic heterocycles. The van der Waals surface area contributed by atoms with Crippen LogP contribution in [0.5, 0.6) is 5.75 Å². The highest BCUT2D eigenvalue weighted by Gasteiger charge is 2.54. The van der Waals surface area contributed by atoms with E-state index in [1.54, 1.807) is 24.5 Å². The molecule has 26 heavy (non-hydrogen) atoms. The molecule has 2 saturated heterocycles. The van der Waals surface area contributed by atoms with Crippen molar-refractivity contribution >= 4 is 5.91 Å². The first kappa shape index (κ1) is 17.0. The van der Waals surface area contributed by atoms with Gasteiger partial charge in [0.05, 0.1) is 18.2 Å². The molecule has 2 aromatic rings. The first-order chi connectivity index (χ1) is 12.7. The van der Waals surface area contributed by atoms with E-state index in [1.165, 1.54) is 6.07 Å². The van der Waals surface area contributed by atoms with Crippen LogP contribution in [0.15, 0.2) is 48.8 Å². The van der Waals surface area contributed by atoms with Crippen molar-refractivity contribution in [1.29, 1.82) is 0 Å². The Morgan fingerprint density at radius 1 is 1.35 bits per heavy atom. The summed E-state index contributed by atoms with van der Waals surface area (Å²) in [6.07, 6.45) is 4.19. The third-order valence-corrected chi connectivity index (χ3v) is 5.50. The van der Waals surface area contributed by atoms with Gasteiger partial charge in [-0.05, 0) is 42.8 Å². The summed E-state index contributed by atoms with van der Waals surface area (Å²) in [4.78, 5) is 18.9. The molecular weight excluding hydrogens is 333 g/mol. The Labute approximate surface area is 152 Å². The van der Waals surface area contributed by atoms with Gasteiger partial charge in [0.1, 0.15) is 11.6 Å². The van der Waals surface area contributed by atoms with Crippen LogP contribution in [-0.4, -0.2) is 42.0 Å². The molecule has 0 radical (unpaired) electrons. The number of pyridine rings is 1. The summed E-state index contributed by atoms with van der Waals surface area (Å²) < 4.78 is 19.3. The molecule has 0 bridgehead atoms. The highest BCUT2D eigenvalue weighted by Crippen LogP contribution is 2.42.